The molecule has 0 aliphatic carbocycles. The molecule has 1 radical (unpaired) electrons. The van der Waals surface area contributed by atoms with Crippen LogP contribution in [-0.4, -0.2) is 7.11 Å². The molecule has 0 amide bonds. The molecule has 0 spiro atoms. The molecule has 65 valence electrons. The highest BCUT2D eigenvalue weighted by Gasteiger charge is 2.13. The molecular formula is C10H14NO. The standard InChI is InChI=1S/C10H14NO/c1-10(2,11)8-5-4-6-9(7-8)12-3/h4-7H,1,11H2,2-3H3. The molecule has 2 N–H and O–H groups in total. The first-order chi connectivity index (χ1) is 5.54. The van der Waals surface area contributed by atoms with Gasteiger partial charge in [0.05, 0.1) is 7.11 Å². The Labute approximate surface area is 73.3 Å². The van der Waals surface area contributed by atoms with Crippen molar-refractivity contribution in [3.05, 3.63) is 36.8 Å². The number of ether oxygens (including phenoxy) is 1. The van der Waals surface area contributed by atoms with Crippen LogP contribution in [0.5, 0.6) is 5.75 Å². The number of rotatable bonds is 2. The van der Waals surface area contributed by atoms with Gasteiger partial charge in [0.1, 0.15) is 5.75 Å². The zero-order valence-electron chi connectivity index (χ0n) is 7.50. The third-order valence-electron chi connectivity index (χ3n) is 1.73. The summed E-state index contributed by atoms with van der Waals surface area (Å²) in [5, 5.41) is 0. The Kier molecular flexibility index (Phi) is 2.38. The highest BCUT2D eigenvalue weighted by Crippen LogP contribution is 2.20. The van der Waals surface area contributed by atoms with Crippen molar-refractivity contribution >= 4 is 0 Å². The topological polar surface area (TPSA) is 35.2 Å². The molecule has 2 nitrogen and oxygen atoms in total. The van der Waals surface area contributed by atoms with Gasteiger partial charge >= 0.3 is 0 Å². The highest BCUT2D eigenvalue weighted by molar-refractivity contribution is 5.33. The Morgan fingerprint density at radius 3 is 2.67 bits per heavy atom. The van der Waals surface area contributed by atoms with Crippen molar-refractivity contribution in [3.8, 4) is 5.75 Å². The van der Waals surface area contributed by atoms with Crippen LogP contribution in [0.3, 0.4) is 0 Å². The van der Waals surface area contributed by atoms with Gasteiger partial charge in [-0.3, -0.25) is 0 Å². The maximum absolute atomic E-state index is 5.81. The second-order valence-electron chi connectivity index (χ2n) is 3.15. The fourth-order valence-electron chi connectivity index (χ4n) is 0.978. The molecule has 2 heteroatoms. The largest absolute Gasteiger partial charge is 0.497 e. The number of benzene rings is 1. The molecule has 0 saturated heterocycles. The third-order valence-corrected chi connectivity index (χ3v) is 1.73. The Morgan fingerprint density at radius 1 is 1.50 bits per heavy atom. The van der Waals surface area contributed by atoms with Crippen LogP contribution in [-0.2, 0) is 5.54 Å². The lowest BCUT2D eigenvalue weighted by Gasteiger charge is -2.19. The zero-order chi connectivity index (χ0) is 9.19. The molecule has 1 atom stereocenters. The van der Waals surface area contributed by atoms with E-state index in [1.807, 2.05) is 31.2 Å². The molecule has 0 saturated carbocycles. The summed E-state index contributed by atoms with van der Waals surface area (Å²) in [4.78, 5) is 0. The van der Waals surface area contributed by atoms with Crippen LogP contribution in [0.15, 0.2) is 24.3 Å². The monoisotopic (exact) mass is 164 g/mol. The average Bonchev–Trinajstić information content (AvgIpc) is 2.03. The maximum Gasteiger partial charge on any atom is 0.119 e. The lowest BCUT2D eigenvalue weighted by molar-refractivity contribution is 0.413. The SMILES string of the molecule is [CH2]C(C)(N)c1cccc(OC)c1. The molecule has 1 aromatic carbocycles. The van der Waals surface area contributed by atoms with Gasteiger partial charge in [0.2, 0.25) is 0 Å². The second kappa shape index (κ2) is 3.15. The van der Waals surface area contributed by atoms with Crippen molar-refractivity contribution < 1.29 is 4.74 Å². The predicted octanol–water partition coefficient (Wildman–Crippen LogP) is 1.70. The van der Waals surface area contributed by atoms with Crippen molar-refractivity contribution in [2.24, 2.45) is 5.73 Å². The van der Waals surface area contributed by atoms with E-state index in [4.69, 9.17) is 10.5 Å². The van der Waals surface area contributed by atoms with Gasteiger partial charge in [-0.1, -0.05) is 12.1 Å². The summed E-state index contributed by atoms with van der Waals surface area (Å²) < 4.78 is 5.07. The summed E-state index contributed by atoms with van der Waals surface area (Å²) in [6.07, 6.45) is 0. The molecule has 0 heterocycles. The minimum atomic E-state index is -0.547. The third kappa shape index (κ3) is 1.98. The van der Waals surface area contributed by atoms with Gasteiger partial charge in [-0.25, -0.2) is 0 Å². The van der Waals surface area contributed by atoms with Crippen LogP contribution >= 0.6 is 0 Å². The van der Waals surface area contributed by atoms with Gasteiger partial charge in [0, 0.05) is 5.54 Å². The molecule has 0 aromatic heterocycles. The number of methoxy groups -OCH3 is 1. The van der Waals surface area contributed by atoms with E-state index in [1.54, 1.807) is 7.11 Å². The number of hydrogen-bond donors (Lipinski definition) is 1. The molecule has 1 unspecified atom stereocenters. The van der Waals surface area contributed by atoms with E-state index in [-0.39, 0.29) is 0 Å². The summed E-state index contributed by atoms with van der Waals surface area (Å²) in [6, 6.07) is 7.63. The van der Waals surface area contributed by atoms with Gasteiger partial charge < -0.3 is 10.5 Å². The van der Waals surface area contributed by atoms with Crippen LogP contribution in [0.1, 0.15) is 12.5 Å². The van der Waals surface area contributed by atoms with Crippen LogP contribution in [0.4, 0.5) is 0 Å². The predicted molar refractivity (Wildman–Crippen MR) is 49.9 cm³/mol. The van der Waals surface area contributed by atoms with E-state index < -0.39 is 5.54 Å². The molecule has 0 bridgehead atoms. The van der Waals surface area contributed by atoms with Crippen molar-refractivity contribution in [3.63, 3.8) is 0 Å². The van der Waals surface area contributed by atoms with E-state index in [0.717, 1.165) is 11.3 Å². The summed E-state index contributed by atoms with van der Waals surface area (Å²) in [5.41, 5.74) is 6.24. The van der Waals surface area contributed by atoms with Crippen molar-refractivity contribution in [1.29, 1.82) is 0 Å². The minimum absolute atomic E-state index is 0.547. The number of nitrogens with two attached hydrogens (primary N) is 1. The van der Waals surface area contributed by atoms with E-state index >= 15 is 0 Å². The fraction of sp³-hybridized carbons (Fsp3) is 0.300. The van der Waals surface area contributed by atoms with Gasteiger partial charge in [-0.2, -0.15) is 0 Å². The Morgan fingerprint density at radius 2 is 2.17 bits per heavy atom. The van der Waals surface area contributed by atoms with E-state index in [1.165, 1.54) is 0 Å². The number of hydrogen-bond acceptors (Lipinski definition) is 2. The smallest absolute Gasteiger partial charge is 0.119 e. The quantitative estimate of drug-likeness (QED) is 0.722. The fourth-order valence-corrected chi connectivity index (χ4v) is 0.978. The minimum Gasteiger partial charge on any atom is -0.497 e. The Hall–Kier alpha value is -1.02. The first-order valence-corrected chi connectivity index (χ1v) is 3.83. The van der Waals surface area contributed by atoms with Gasteiger partial charge in [0.15, 0.2) is 0 Å². The van der Waals surface area contributed by atoms with E-state index in [0.29, 0.717) is 0 Å². The van der Waals surface area contributed by atoms with Gasteiger partial charge in [-0.05, 0) is 31.5 Å². The van der Waals surface area contributed by atoms with Crippen molar-refractivity contribution in [2.45, 2.75) is 12.5 Å². The second-order valence-corrected chi connectivity index (χ2v) is 3.15. The molecule has 0 aliphatic heterocycles. The molecule has 0 fully saturated rings. The van der Waals surface area contributed by atoms with Crippen molar-refractivity contribution in [2.75, 3.05) is 7.11 Å². The molecule has 1 rings (SSSR count). The lowest BCUT2D eigenvalue weighted by Crippen LogP contribution is -2.28. The van der Waals surface area contributed by atoms with Crippen LogP contribution in [0.2, 0.25) is 0 Å². The van der Waals surface area contributed by atoms with Crippen molar-refractivity contribution in [1.82, 2.24) is 0 Å². The summed E-state index contributed by atoms with van der Waals surface area (Å²) in [6.45, 7) is 5.70. The normalized spacial score (nSPS) is 11.3. The summed E-state index contributed by atoms with van der Waals surface area (Å²) in [5.74, 6) is 0.813. The Balaban J connectivity index is 3.02. The molecule has 0 aliphatic rings. The first kappa shape index (κ1) is 9.07. The molecular weight excluding hydrogens is 150 g/mol. The lowest BCUT2D eigenvalue weighted by atomic mass is 9.96. The molecule has 12 heavy (non-hydrogen) atoms. The summed E-state index contributed by atoms with van der Waals surface area (Å²) in [7, 11) is 1.63. The van der Waals surface area contributed by atoms with E-state index in [2.05, 4.69) is 6.92 Å². The van der Waals surface area contributed by atoms with E-state index in [9.17, 15) is 0 Å². The summed E-state index contributed by atoms with van der Waals surface area (Å²) >= 11 is 0. The van der Waals surface area contributed by atoms with Crippen LogP contribution < -0.4 is 10.5 Å². The van der Waals surface area contributed by atoms with Crippen LogP contribution in [0.25, 0.3) is 0 Å². The molecule has 1 aromatic rings. The maximum atomic E-state index is 5.81. The van der Waals surface area contributed by atoms with Crippen LogP contribution in [0, 0.1) is 6.92 Å². The highest BCUT2D eigenvalue weighted by atomic mass is 16.5. The van der Waals surface area contributed by atoms with Gasteiger partial charge in [-0.15, -0.1) is 0 Å². The first-order valence-electron chi connectivity index (χ1n) is 3.83. The zero-order valence-corrected chi connectivity index (χ0v) is 7.50. The average molecular weight is 164 g/mol. The van der Waals surface area contributed by atoms with Gasteiger partial charge in [0.25, 0.3) is 0 Å². The Bertz CT molecular complexity index is 263.